The van der Waals surface area contributed by atoms with Crippen LogP contribution >= 0.6 is 0 Å². The van der Waals surface area contributed by atoms with E-state index < -0.39 is 0 Å². The highest BCUT2D eigenvalue weighted by molar-refractivity contribution is 5.84. The van der Waals surface area contributed by atoms with Crippen LogP contribution in [-0.4, -0.2) is 16.2 Å². The maximum absolute atomic E-state index is 6.22. The summed E-state index contributed by atoms with van der Waals surface area (Å²) in [5.41, 5.74) is 8.19. The van der Waals surface area contributed by atoms with Crippen LogP contribution in [0.1, 0.15) is 58.9 Å². The van der Waals surface area contributed by atoms with Crippen molar-refractivity contribution in [3.05, 3.63) is 18.2 Å². The predicted octanol–water partition coefficient (Wildman–Crippen LogP) is 4.55. The van der Waals surface area contributed by atoms with Gasteiger partial charge in [-0.2, -0.15) is 0 Å². The van der Waals surface area contributed by atoms with Gasteiger partial charge in [0.1, 0.15) is 11.3 Å². The second kappa shape index (κ2) is 7.34. The molecule has 0 aliphatic rings. The van der Waals surface area contributed by atoms with Crippen LogP contribution in [0, 0.1) is 0 Å². The Bertz CT molecular complexity index is 577. The van der Waals surface area contributed by atoms with Gasteiger partial charge in [0.2, 0.25) is 5.95 Å². The second-order valence-corrected chi connectivity index (χ2v) is 5.48. The molecule has 2 rings (SSSR count). The fraction of sp³-hybridized carbons (Fsp3) is 0.588. The third-order valence-corrected chi connectivity index (χ3v) is 3.89. The molecule has 21 heavy (non-hydrogen) atoms. The van der Waals surface area contributed by atoms with E-state index in [2.05, 4.69) is 29.5 Å². The number of imidazole rings is 1. The van der Waals surface area contributed by atoms with E-state index in [1.807, 2.05) is 19.1 Å². The number of nitrogens with two attached hydrogens (primary N) is 1. The minimum atomic E-state index is 0.428. The van der Waals surface area contributed by atoms with Gasteiger partial charge < -0.3 is 15.0 Å². The molecule has 0 aliphatic carbocycles. The molecule has 4 heteroatoms. The molecular formula is C17H27N3O. The lowest BCUT2D eigenvalue weighted by Gasteiger charge is -2.20. The number of hydrogen-bond acceptors (Lipinski definition) is 3. The van der Waals surface area contributed by atoms with E-state index >= 15 is 0 Å². The average Bonchev–Trinajstić information content (AvgIpc) is 2.81. The number of unbranched alkanes of at least 4 members (excludes halogenated alkanes) is 1. The Kier molecular flexibility index (Phi) is 5.48. The maximum atomic E-state index is 6.22. The van der Waals surface area contributed by atoms with E-state index in [4.69, 9.17) is 10.5 Å². The van der Waals surface area contributed by atoms with E-state index in [1.54, 1.807) is 0 Å². The summed E-state index contributed by atoms with van der Waals surface area (Å²) in [4.78, 5) is 4.56. The summed E-state index contributed by atoms with van der Waals surface area (Å²) >= 11 is 0. The minimum Gasteiger partial charge on any atom is -0.492 e. The molecule has 0 fully saturated rings. The lowest BCUT2D eigenvalue weighted by atomic mass is 10.0. The smallest absolute Gasteiger partial charge is 0.201 e. The summed E-state index contributed by atoms with van der Waals surface area (Å²) in [5, 5.41) is 0. The van der Waals surface area contributed by atoms with Crippen LogP contribution in [0.3, 0.4) is 0 Å². The Labute approximate surface area is 127 Å². The van der Waals surface area contributed by atoms with Gasteiger partial charge in [-0.1, -0.05) is 39.2 Å². The van der Waals surface area contributed by atoms with Crippen LogP contribution < -0.4 is 10.5 Å². The summed E-state index contributed by atoms with van der Waals surface area (Å²) in [6, 6.07) is 6.50. The van der Waals surface area contributed by atoms with Gasteiger partial charge in [0.05, 0.1) is 12.1 Å². The van der Waals surface area contributed by atoms with Crippen molar-refractivity contribution < 1.29 is 4.74 Å². The van der Waals surface area contributed by atoms with Crippen molar-refractivity contribution in [3.8, 4) is 5.75 Å². The molecule has 1 atom stereocenters. The SMILES string of the molecule is CCCCC(CCC)n1c(N)nc2c(OCC)cccc21. The molecule has 0 amide bonds. The predicted molar refractivity (Wildman–Crippen MR) is 88.8 cm³/mol. The van der Waals surface area contributed by atoms with Gasteiger partial charge in [-0.3, -0.25) is 0 Å². The Hall–Kier alpha value is -1.71. The van der Waals surface area contributed by atoms with Gasteiger partial charge in [0, 0.05) is 6.04 Å². The molecule has 116 valence electrons. The normalized spacial score (nSPS) is 12.7. The third kappa shape index (κ3) is 3.31. The van der Waals surface area contributed by atoms with Gasteiger partial charge in [-0.15, -0.1) is 0 Å². The maximum Gasteiger partial charge on any atom is 0.201 e. The van der Waals surface area contributed by atoms with Crippen molar-refractivity contribution in [2.75, 3.05) is 12.3 Å². The summed E-state index contributed by atoms with van der Waals surface area (Å²) in [6.45, 7) is 7.08. The first-order chi connectivity index (χ1) is 10.2. The van der Waals surface area contributed by atoms with Gasteiger partial charge in [0.25, 0.3) is 0 Å². The number of nitrogen functional groups attached to an aromatic ring is 1. The van der Waals surface area contributed by atoms with Gasteiger partial charge >= 0.3 is 0 Å². The fourth-order valence-corrected chi connectivity index (χ4v) is 2.94. The first-order valence-corrected chi connectivity index (χ1v) is 8.12. The molecule has 1 unspecified atom stereocenters. The molecule has 0 saturated heterocycles. The number of rotatable bonds is 8. The molecule has 0 aliphatic heterocycles. The zero-order valence-corrected chi connectivity index (χ0v) is 13.4. The Morgan fingerprint density at radius 1 is 1.19 bits per heavy atom. The molecule has 0 saturated carbocycles. The fourth-order valence-electron chi connectivity index (χ4n) is 2.94. The van der Waals surface area contributed by atoms with E-state index in [1.165, 1.54) is 12.8 Å². The summed E-state index contributed by atoms with van der Waals surface area (Å²) in [5.74, 6) is 1.43. The monoisotopic (exact) mass is 289 g/mol. The third-order valence-electron chi connectivity index (χ3n) is 3.89. The van der Waals surface area contributed by atoms with E-state index in [0.717, 1.165) is 36.0 Å². The Morgan fingerprint density at radius 2 is 2.00 bits per heavy atom. The van der Waals surface area contributed by atoms with E-state index in [9.17, 15) is 0 Å². The zero-order valence-electron chi connectivity index (χ0n) is 13.4. The van der Waals surface area contributed by atoms with Crippen LogP contribution in [0.4, 0.5) is 5.95 Å². The molecule has 4 nitrogen and oxygen atoms in total. The number of fused-ring (bicyclic) bond motifs is 1. The van der Waals surface area contributed by atoms with Crippen LogP contribution in [0.25, 0.3) is 11.0 Å². The van der Waals surface area contributed by atoms with Crippen molar-refractivity contribution >= 4 is 17.0 Å². The molecule has 2 aromatic rings. The number of anilines is 1. The number of nitrogens with zero attached hydrogens (tertiary/aromatic N) is 2. The standard InChI is InChI=1S/C17H27N3O/c1-4-7-10-13(9-5-2)20-14-11-8-12-15(21-6-3)16(14)19-17(20)18/h8,11-13H,4-7,9-10H2,1-3H3,(H2,18,19). The molecule has 0 spiro atoms. The number of benzene rings is 1. The van der Waals surface area contributed by atoms with Gasteiger partial charge in [-0.05, 0) is 31.9 Å². The largest absolute Gasteiger partial charge is 0.492 e. The van der Waals surface area contributed by atoms with Crippen molar-refractivity contribution in [1.82, 2.24) is 9.55 Å². The van der Waals surface area contributed by atoms with Crippen LogP contribution in [0.2, 0.25) is 0 Å². The number of hydrogen-bond donors (Lipinski definition) is 1. The quantitative estimate of drug-likeness (QED) is 0.775. The highest BCUT2D eigenvalue weighted by Crippen LogP contribution is 2.33. The number of ether oxygens (including phenoxy) is 1. The lowest BCUT2D eigenvalue weighted by molar-refractivity contribution is 0.343. The molecule has 1 heterocycles. The number of aromatic nitrogens is 2. The van der Waals surface area contributed by atoms with Crippen molar-refractivity contribution in [3.63, 3.8) is 0 Å². The van der Waals surface area contributed by atoms with Gasteiger partial charge in [0.15, 0.2) is 0 Å². The molecule has 0 radical (unpaired) electrons. The van der Waals surface area contributed by atoms with Crippen molar-refractivity contribution in [2.45, 2.75) is 58.9 Å². The topological polar surface area (TPSA) is 53.1 Å². The van der Waals surface area contributed by atoms with Crippen LogP contribution in [0.15, 0.2) is 18.2 Å². The highest BCUT2D eigenvalue weighted by atomic mass is 16.5. The first-order valence-electron chi connectivity index (χ1n) is 8.12. The molecular weight excluding hydrogens is 262 g/mol. The average molecular weight is 289 g/mol. The van der Waals surface area contributed by atoms with E-state index in [-0.39, 0.29) is 0 Å². The van der Waals surface area contributed by atoms with Crippen molar-refractivity contribution in [2.24, 2.45) is 0 Å². The molecule has 1 aromatic heterocycles. The minimum absolute atomic E-state index is 0.428. The molecule has 1 aromatic carbocycles. The van der Waals surface area contributed by atoms with Gasteiger partial charge in [-0.25, -0.2) is 4.98 Å². The molecule has 2 N–H and O–H groups in total. The van der Waals surface area contributed by atoms with E-state index in [0.29, 0.717) is 18.6 Å². The summed E-state index contributed by atoms with van der Waals surface area (Å²) in [6.07, 6.45) is 5.86. The summed E-state index contributed by atoms with van der Waals surface area (Å²) in [7, 11) is 0. The highest BCUT2D eigenvalue weighted by Gasteiger charge is 2.18. The zero-order chi connectivity index (χ0) is 15.2. The number of para-hydroxylation sites is 1. The summed E-state index contributed by atoms with van der Waals surface area (Å²) < 4.78 is 7.88. The second-order valence-electron chi connectivity index (χ2n) is 5.48. The molecule has 0 bridgehead atoms. The van der Waals surface area contributed by atoms with Crippen LogP contribution in [0.5, 0.6) is 5.75 Å². The van der Waals surface area contributed by atoms with Crippen LogP contribution in [-0.2, 0) is 0 Å². The first kappa shape index (κ1) is 15.7. The Morgan fingerprint density at radius 3 is 2.67 bits per heavy atom. The lowest BCUT2D eigenvalue weighted by Crippen LogP contribution is -2.12. The Balaban J connectivity index is 2.46. The van der Waals surface area contributed by atoms with Crippen molar-refractivity contribution in [1.29, 1.82) is 0 Å².